The zero-order valence-electron chi connectivity index (χ0n) is 16.2. The van der Waals surface area contributed by atoms with Gasteiger partial charge in [-0.2, -0.15) is 18.4 Å². The summed E-state index contributed by atoms with van der Waals surface area (Å²) in [7, 11) is 0. The van der Waals surface area contributed by atoms with E-state index in [0.717, 1.165) is 23.3 Å². The molecule has 7 heteroatoms. The third-order valence-corrected chi connectivity index (χ3v) is 5.12. The van der Waals surface area contributed by atoms with Gasteiger partial charge in [-0.3, -0.25) is 4.79 Å². The van der Waals surface area contributed by atoms with E-state index in [1.54, 1.807) is 11.0 Å². The van der Waals surface area contributed by atoms with Gasteiger partial charge >= 0.3 is 6.18 Å². The smallest absolute Gasteiger partial charge is 0.417 e. The first-order valence-electron chi connectivity index (χ1n) is 9.42. The number of hydrogen-bond donors (Lipinski definition) is 0. The molecular formula is C22H21F3N2O2. The molecular weight excluding hydrogens is 381 g/mol. The monoisotopic (exact) mass is 402 g/mol. The Hall–Kier alpha value is -3.01. The molecule has 1 aliphatic heterocycles. The minimum absolute atomic E-state index is 0.0764. The summed E-state index contributed by atoms with van der Waals surface area (Å²) >= 11 is 0. The summed E-state index contributed by atoms with van der Waals surface area (Å²) in [6.45, 7) is 4.25. The van der Waals surface area contributed by atoms with Crippen LogP contribution in [0.25, 0.3) is 0 Å². The first-order chi connectivity index (χ1) is 13.8. The van der Waals surface area contributed by atoms with Gasteiger partial charge in [0.25, 0.3) is 5.91 Å². The number of hydrogen-bond acceptors (Lipinski definition) is 3. The highest BCUT2D eigenvalue weighted by molar-refractivity contribution is 5.82. The molecule has 2 atom stereocenters. The molecule has 0 spiro atoms. The maximum Gasteiger partial charge on any atom is 0.417 e. The maximum atomic E-state index is 13.2. The van der Waals surface area contributed by atoms with E-state index in [1.807, 2.05) is 38.1 Å². The van der Waals surface area contributed by atoms with Crippen LogP contribution in [0.4, 0.5) is 13.2 Å². The molecule has 152 valence electrons. The van der Waals surface area contributed by atoms with Crippen molar-refractivity contribution < 1.29 is 22.7 Å². The van der Waals surface area contributed by atoms with Crippen molar-refractivity contribution in [3.63, 3.8) is 0 Å². The predicted octanol–water partition coefficient (Wildman–Crippen LogP) is 5.23. The number of alkyl halides is 3. The number of fused-ring (bicyclic) bond motifs is 1. The largest absolute Gasteiger partial charge is 0.481 e. The Labute approximate surface area is 167 Å². The average Bonchev–Trinajstić information content (AvgIpc) is 3.03. The summed E-state index contributed by atoms with van der Waals surface area (Å²) in [5, 5.41) is 8.93. The van der Waals surface area contributed by atoms with Gasteiger partial charge in [-0.25, -0.2) is 0 Å². The fourth-order valence-electron chi connectivity index (χ4n) is 3.62. The van der Waals surface area contributed by atoms with Gasteiger partial charge in [0, 0.05) is 6.54 Å². The number of carbonyl (C=O) groups excluding carboxylic acids is 1. The van der Waals surface area contributed by atoms with Crippen molar-refractivity contribution in [2.24, 2.45) is 0 Å². The zero-order chi connectivity index (χ0) is 21.2. The summed E-state index contributed by atoms with van der Waals surface area (Å²) in [4.78, 5) is 14.8. The molecule has 2 aromatic carbocycles. The Morgan fingerprint density at radius 3 is 2.66 bits per heavy atom. The normalized spacial score (nSPS) is 16.8. The van der Waals surface area contributed by atoms with E-state index in [9.17, 15) is 18.0 Å². The average molecular weight is 402 g/mol. The van der Waals surface area contributed by atoms with Crippen LogP contribution in [0, 0.1) is 11.3 Å². The molecule has 0 N–H and O–H groups in total. The highest BCUT2D eigenvalue weighted by Crippen LogP contribution is 2.36. The SMILES string of the molecule is CCCC(Oc1ccc(C#N)c(C(F)(F)F)c1)C(=O)N1Cc2ccccc2C1C. The highest BCUT2D eigenvalue weighted by atomic mass is 19.4. The lowest BCUT2D eigenvalue weighted by atomic mass is 10.1. The van der Waals surface area contributed by atoms with E-state index in [-0.39, 0.29) is 17.7 Å². The van der Waals surface area contributed by atoms with Crippen molar-refractivity contribution in [2.75, 3.05) is 0 Å². The molecule has 29 heavy (non-hydrogen) atoms. The van der Waals surface area contributed by atoms with Crippen LogP contribution in [0.2, 0.25) is 0 Å². The van der Waals surface area contributed by atoms with Gasteiger partial charge in [-0.1, -0.05) is 37.6 Å². The molecule has 2 aromatic rings. The van der Waals surface area contributed by atoms with E-state index >= 15 is 0 Å². The van der Waals surface area contributed by atoms with Crippen LogP contribution in [0.15, 0.2) is 42.5 Å². The van der Waals surface area contributed by atoms with Crippen LogP contribution in [-0.4, -0.2) is 16.9 Å². The third-order valence-electron chi connectivity index (χ3n) is 5.12. The van der Waals surface area contributed by atoms with Crippen molar-refractivity contribution in [1.29, 1.82) is 5.26 Å². The van der Waals surface area contributed by atoms with Crippen LogP contribution < -0.4 is 4.74 Å². The molecule has 1 amide bonds. The molecule has 0 saturated heterocycles. The van der Waals surface area contributed by atoms with Crippen molar-refractivity contribution in [1.82, 2.24) is 4.90 Å². The second-order valence-electron chi connectivity index (χ2n) is 7.05. The third kappa shape index (κ3) is 4.21. The number of benzene rings is 2. The minimum Gasteiger partial charge on any atom is -0.481 e. The Morgan fingerprint density at radius 2 is 2.03 bits per heavy atom. The lowest BCUT2D eigenvalue weighted by Crippen LogP contribution is -2.40. The number of halogens is 3. The Kier molecular flexibility index (Phi) is 5.83. The molecule has 3 rings (SSSR count). The van der Waals surface area contributed by atoms with Gasteiger partial charge < -0.3 is 9.64 Å². The predicted molar refractivity (Wildman–Crippen MR) is 101 cm³/mol. The van der Waals surface area contributed by atoms with Crippen LogP contribution in [0.1, 0.15) is 55.0 Å². The van der Waals surface area contributed by atoms with Crippen molar-refractivity contribution in [2.45, 2.75) is 51.6 Å². The summed E-state index contributed by atoms with van der Waals surface area (Å²) in [5.74, 6) is -0.332. The molecule has 0 fully saturated rings. The number of nitrogens with zero attached hydrogens (tertiary/aromatic N) is 2. The van der Waals surface area contributed by atoms with Crippen molar-refractivity contribution >= 4 is 5.91 Å². The molecule has 0 aliphatic carbocycles. The fraction of sp³-hybridized carbons (Fsp3) is 0.364. The summed E-state index contributed by atoms with van der Waals surface area (Å²) in [5.41, 5.74) is 0.573. The lowest BCUT2D eigenvalue weighted by molar-refractivity contribution is -0.141. The van der Waals surface area contributed by atoms with E-state index in [1.165, 1.54) is 6.07 Å². The van der Waals surface area contributed by atoms with Gasteiger partial charge in [0.2, 0.25) is 0 Å². The zero-order valence-corrected chi connectivity index (χ0v) is 16.2. The van der Waals surface area contributed by atoms with Crippen LogP contribution in [0.3, 0.4) is 0 Å². The van der Waals surface area contributed by atoms with Gasteiger partial charge in [-0.15, -0.1) is 0 Å². The second kappa shape index (κ2) is 8.16. The highest BCUT2D eigenvalue weighted by Gasteiger charge is 2.36. The molecule has 0 aromatic heterocycles. The first-order valence-corrected chi connectivity index (χ1v) is 9.42. The standard InChI is InChI=1S/C22H21F3N2O2/c1-3-6-20(21(28)27-13-16-7-4-5-8-18(16)14(27)2)29-17-10-9-15(12-26)19(11-17)22(23,24)25/h4-5,7-11,14,20H,3,6,13H2,1-2H3. The van der Waals surface area contributed by atoms with Gasteiger partial charge in [-0.05, 0) is 42.7 Å². The van der Waals surface area contributed by atoms with E-state index in [4.69, 9.17) is 10.00 Å². The maximum absolute atomic E-state index is 13.2. The number of amides is 1. The quantitative estimate of drug-likeness (QED) is 0.688. The lowest BCUT2D eigenvalue weighted by Gasteiger charge is -2.27. The van der Waals surface area contributed by atoms with Crippen molar-refractivity contribution in [3.8, 4) is 11.8 Å². The molecule has 0 radical (unpaired) electrons. The molecule has 4 nitrogen and oxygen atoms in total. The summed E-state index contributed by atoms with van der Waals surface area (Å²) in [6, 6.07) is 12.3. The number of nitriles is 1. The van der Waals surface area contributed by atoms with Crippen LogP contribution in [-0.2, 0) is 17.5 Å². The molecule has 0 saturated carbocycles. The minimum atomic E-state index is -4.68. The Bertz CT molecular complexity index is 950. The number of rotatable bonds is 5. The van der Waals surface area contributed by atoms with E-state index in [0.29, 0.717) is 19.4 Å². The van der Waals surface area contributed by atoms with Crippen LogP contribution in [0.5, 0.6) is 5.75 Å². The summed E-state index contributed by atoms with van der Waals surface area (Å²) in [6.07, 6.45) is -4.57. The van der Waals surface area contributed by atoms with E-state index in [2.05, 4.69) is 0 Å². The number of carbonyl (C=O) groups is 1. The molecule has 2 unspecified atom stereocenters. The molecule has 1 aliphatic rings. The fourth-order valence-corrected chi connectivity index (χ4v) is 3.62. The number of ether oxygens (including phenoxy) is 1. The molecule has 1 heterocycles. The topological polar surface area (TPSA) is 53.3 Å². The first kappa shape index (κ1) is 20.7. The second-order valence-corrected chi connectivity index (χ2v) is 7.05. The van der Waals surface area contributed by atoms with Gasteiger partial charge in [0.1, 0.15) is 5.75 Å². The van der Waals surface area contributed by atoms with Crippen molar-refractivity contribution in [3.05, 3.63) is 64.7 Å². The van der Waals surface area contributed by atoms with Crippen LogP contribution >= 0.6 is 0 Å². The molecule has 0 bridgehead atoms. The van der Waals surface area contributed by atoms with Gasteiger partial charge in [0.05, 0.1) is 23.2 Å². The van der Waals surface area contributed by atoms with E-state index < -0.39 is 23.4 Å². The Balaban J connectivity index is 1.84. The Morgan fingerprint density at radius 1 is 1.31 bits per heavy atom. The van der Waals surface area contributed by atoms with Gasteiger partial charge in [0.15, 0.2) is 6.10 Å². The summed E-state index contributed by atoms with van der Waals surface area (Å²) < 4.78 is 45.4.